The van der Waals surface area contributed by atoms with E-state index in [-0.39, 0.29) is 0 Å². The molecule has 0 fully saturated rings. The van der Waals surface area contributed by atoms with Gasteiger partial charge in [-0.2, -0.15) is 0 Å². The summed E-state index contributed by atoms with van der Waals surface area (Å²) in [5, 5.41) is 5.59. The maximum absolute atomic E-state index is 2.48. The minimum Gasteiger partial charge on any atom is -0.0836 e. The van der Waals surface area contributed by atoms with Gasteiger partial charge in [0.25, 0.3) is 0 Å². The summed E-state index contributed by atoms with van der Waals surface area (Å²) >= 11 is 0. The molecular formula is C42H36. The van der Waals surface area contributed by atoms with Crippen LogP contribution < -0.4 is 0 Å². The predicted octanol–water partition coefficient (Wildman–Crippen LogP) is 11.5. The molecular weight excluding hydrogens is 504 g/mol. The zero-order chi connectivity index (χ0) is 27.9. The van der Waals surface area contributed by atoms with E-state index >= 15 is 0 Å². The van der Waals surface area contributed by atoms with Crippen LogP contribution in [0, 0.1) is 0 Å². The summed E-state index contributed by atoms with van der Waals surface area (Å²) in [4.78, 5) is 0. The number of benzene rings is 4. The molecule has 0 aromatic heterocycles. The van der Waals surface area contributed by atoms with Crippen LogP contribution in [-0.4, -0.2) is 0 Å². The summed E-state index contributed by atoms with van der Waals surface area (Å²) in [5.41, 5.74) is 14.4. The predicted molar refractivity (Wildman–Crippen MR) is 181 cm³/mol. The van der Waals surface area contributed by atoms with E-state index in [1.54, 1.807) is 0 Å². The molecule has 0 nitrogen and oxygen atoms in total. The second-order valence-corrected chi connectivity index (χ2v) is 12.1. The molecule has 0 atom stereocenters. The van der Waals surface area contributed by atoms with Crippen molar-refractivity contribution in [1.82, 2.24) is 0 Å². The van der Waals surface area contributed by atoms with E-state index in [0.29, 0.717) is 0 Å². The summed E-state index contributed by atoms with van der Waals surface area (Å²) in [6.45, 7) is 0. The lowest BCUT2D eigenvalue weighted by Crippen LogP contribution is -2.02. The molecule has 0 N–H and O–H groups in total. The molecule has 4 aromatic rings. The summed E-state index contributed by atoms with van der Waals surface area (Å²) < 4.78 is 0. The van der Waals surface area contributed by atoms with Gasteiger partial charge in [-0.05, 0) is 135 Å². The van der Waals surface area contributed by atoms with E-state index in [9.17, 15) is 0 Å². The lowest BCUT2D eigenvalue weighted by Gasteiger charge is -2.23. The van der Waals surface area contributed by atoms with E-state index in [4.69, 9.17) is 0 Å². The topological polar surface area (TPSA) is 0 Å². The van der Waals surface area contributed by atoms with Crippen LogP contribution in [0.5, 0.6) is 0 Å². The number of rotatable bonds is 4. The Labute approximate surface area is 249 Å². The van der Waals surface area contributed by atoms with Crippen molar-refractivity contribution >= 4 is 38.8 Å². The van der Waals surface area contributed by atoms with Crippen molar-refractivity contribution in [1.29, 1.82) is 0 Å². The van der Waals surface area contributed by atoms with Crippen molar-refractivity contribution in [3.63, 3.8) is 0 Å². The van der Waals surface area contributed by atoms with Gasteiger partial charge in [0, 0.05) is 0 Å². The molecule has 0 bridgehead atoms. The third kappa shape index (κ3) is 4.56. The fraction of sp³-hybridized carbons (Fsp3) is 0.190. The molecule has 4 aliphatic rings. The molecule has 0 amide bonds. The molecule has 0 heteroatoms. The van der Waals surface area contributed by atoms with Crippen LogP contribution >= 0.6 is 0 Å². The summed E-state index contributed by atoms with van der Waals surface area (Å²) in [6, 6.07) is 27.1. The van der Waals surface area contributed by atoms with Crippen molar-refractivity contribution in [2.75, 3.05) is 0 Å². The Kier molecular flexibility index (Phi) is 6.49. The lowest BCUT2D eigenvalue weighted by molar-refractivity contribution is 0.897. The molecule has 0 unspecified atom stereocenters. The third-order valence-corrected chi connectivity index (χ3v) is 9.65. The van der Waals surface area contributed by atoms with E-state index < -0.39 is 0 Å². The zero-order valence-electron chi connectivity index (χ0n) is 24.2. The zero-order valence-corrected chi connectivity index (χ0v) is 24.2. The van der Waals surface area contributed by atoms with E-state index in [0.717, 1.165) is 51.4 Å². The maximum Gasteiger partial charge on any atom is -0.00961 e. The average molecular weight is 541 g/mol. The van der Waals surface area contributed by atoms with Crippen molar-refractivity contribution in [2.24, 2.45) is 0 Å². The smallest absolute Gasteiger partial charge is 0.00961 e. The highest BCUT2D eigenvalue weighted by Gasteiger charge is 2.19. The summed E-state index contributed by atoms with van der Waals surface area (Å²) in [6.07, 6.45) is 28.2. The van der Waals surface area contributed by atoms with E-state index in [1.165, 1.54) is 77.2 Å². The first-order valence-electron chi connectivity index (χ1n) is 15.7. The Morgan fingerprint density at radius 1 is 0.452 bits per heavy atom. The minimum absolute atomic E-state index is 1.10. The molecule has 0 heterocycles. The van der Waals surface area contributed by atoms with Crippen LogP contribution in [0.15, 0.2) is 138 Å². The Morgan fingerprint density at radius 2 is 1.17 bits per heavy atom. The summed E-state index contributed by atoms with van der Waals surface area (Å²) in [5.74, 6) is 0. The van der Waals surface area contributed by atoms with Gasteiger partial charge in [-0.3, -0.25) is 0 Å². The number of fused-ring (bicyclic) bond motifs is 6. The van der Waals surface area contributed by atoms with Crippen LogP contribution in [0.3, 0.4) is 0 Å². The van der Waals surface area contributed by atoms with Gasteiger partial charge in [-0.1, -0.05) is 115 Å². The quantitative estimate of drug-likeness (QED) is 0.226. The first kappa shape index (κ1) is 25.3. The summed E-state index contributed by atoms with van der Waals surface area (Å²) in [7, 11) is 0. The van der Waals surface area contributed by atoms with Crippen LogP contribution in [0.2, 0.25) is 0 Å². The normalized spacial score (nSPS) is 18.5. The number of hydrogen-bond acceptors (Lipinski definition) is 0. The molecule has 42 heavy (non-hydrogen) atoms. The van der Waals surface area contributed by atoms with Crippen molar-refractivity contribution in [3.05, 3.63) is 160 Å². The molecule has 4 aromatic carbocycles. The standard InChI is InChI=1S/C42H36/c1-2-10-29(11-3-1)30-20-22-31(23-21-30)32-12-8-13-33(26-32)34-14-9-15-35(27-34)36-24-25-41-39-18-5-4-16-37(39)38-17-6-7-19-40(38)42(41)28-36/h1-4,6-7,10-11,13-14,16-17,19-20,22,24-28H,5,8-9,12,15,18,21,23H2. The Hall–Kier alpha value is -4.42. The first-order valence-corrected chi connectivity index (χ1v) is 15.7. The number of aryl methyl sites for hydroxylation is 1. The van der Waals surface area contributed by atoms with Gasteiger partial charge in [0.05, 0.1) is 0 Å². The molecule has 0 aliphatic heterocycles. The van der Waals surface area contributed by atoms with Gasteiger partial charge in [-0.25, -0.2) is 0 Å². The molecule has 204 valence electrons. The van der Waals surface area contributed by atoms with Crippen molar-refractivity contribution in [2.45, 2.75) is 51.4 Å². The molecule has 0 spiro atoms. The van der Waals surface area contributed by atoms with Gasteiger partial charge in [0.2, 0.25) is 0 Å². The van der Waals surface area contributed by atoms with Gasteiger partial charge in [-0.15, -0.1) is 0 Å². The van der Waals surface area contributed by atoms with Gasteiger partial charge in [0.1, 0.15) is 0 Å². The highest BCUT2D eigenvalue weighted by Crippen LogP contribution is 2.40. The molecule has 0 saturated carbocycles. The monoisotopic (exact) mass is 540 g/mol. The Morgan fingerprint density at radius 3 is 1.98 bits per heavy atom. The fourth-order valence-electron chi connectivity index (χ4n) is 7.46. The second-order valence-electron chi connectivity index (χ2n) is 12.1. The SMILES string of the molecule is C1=Cc2c(c3ccc(C4=CC(C5=CCCC(C6=CC=C(c7ccccc7)CC6)=C5)=CCC4)cc3c3ccccc23)CC1. The Bertz CT molecular complexity index is 1950. The van der Waals surface area contributed by atoms with Crippen LogP contribution in [-0.2, 0) is 6.42 Å². The van der Waals surface area contributed by atoms with Crippen LogP contribution in [0.25, 0.3) is 38.8 Å². The fourth-order valence-corrected chi connectivity index (χ4v) is 7.46. The lowest BCUT2D eigenvalue weighted by atomic mass is 9.82. The maximum atomic E-state index is 2.48. The van der Waals surface area contributed by atoms with E-state index in [1.807, 2.05) is 0 Å². The van der Waals surface area contributed by atoms with E-state index in [2.05, 4.69) is 121 Å². The average Bonchev–Trinajstić information content (AvgIpc) is 3.09. The number of hydrogen-bond donors (Lipinski definition) is 0. The second kappa shape index (κ2) is 10.8. The Balaban J connectivity index is 1.12. The number of allylic oxidation sites excluding steroid dienone is 13. The first-order chi connectivity index (χ1) is 20.8. The molecule has 0 radical (unpaired) electrons. The highest BCUT2D eigenvalue weighted by molar-refractivity contribution is 6.13. The van der Waals surface area contributed by atoms with Gasteiger partial charge < -0.3 is 0 Å². The van der Waals surface area contributed by atoms with Gasteiger partial charge >= 0.3 is 0 Å². The highest BCUT2D eigenvalue weighted by atomic mass is 14.2. The van der Waals surface area contributed by atoms with Gasteiger partial charge in [0.15, 0.2) is 0 Å². The van der Waals surface area contributed by atoms with Crippen molar-refractivity contribution < 1.29 is 0 Å². The van der Waals surface area contributed by atoms with Crippen LogP contribution in [0.4, 0.5) is 0 Å². The van der Waals surface area contributed by atoms with Crippen LogP contribution in [0.1, 0.15) is 67.2 Å². The molecule has 8 rings (SSSR count). The molecule has 4 aliphatic carbocycles. The van der Waals surface area contributed by atoms with Crippen molar-refractivity contribution in [3.8, 4) is 0 Å². The molecule has 0 saturated heterocycles. The minimum atomic E-state index is 1.10. The third-order valence-electron chi connectivity index (χ3n) is 9.65. The largest absolute Gasteiger partial charge is 0.0836 e.